The molecule has 0 bridgehead atoms. The van der Waals surface area contributed by atoms with Crippen LogP contribution in [-0.2, 0) is 4.79 Å². The predicted octanol–water partition coefficient (Wildman–Crippen LogP) is 3.59. The van der Waals surface area contributed by atoms with Gasteiger partial charge in [0, 0.05) is 5.92 Å². The first-order valence-electron chi connectivity index (χ1n) is 5.71. The second-order valence-corrected chi connectivity index (χ2v) is 5.21. The molecular formula is C12H10BrF3O4. The van der Waals surface area contributed by atoms with Crippen LogP contribution in [0.2, 0.25) is 0 Å². The number of halogens is 4. The first-order chi connectivity index (χ1) is 9.26. The lowest BCUT2D eigenvalue weighted by Crippen LogP contribution is -2.29. The fourth-order valence-electron chi connectivity index (χ4n) is 1.66. The lowest BCUT2D eigenvalue weighted by atomic mass is 10.2. The van der Waals surface area contributed by atoms with Crippen molar-refractivity contribution in [1.82, 2.24) is 0 Å². The van der Waals surface area contributed by atoms with E-state index in [1.54, 1.807) is 0 Å². The van der Waals surface area contributed by atoms with Crippen molar-refractivity contribution in [2.45, 2.75) is 25.3 Å². The average molecular weight is 355 g/mol. The van der Waals surface area contributed by atoms with E-state index in [0.29, 0.717) is 0 Å². The van der Waals surface area contributed by atoms with Gasteiger partial charge in [0.25, 0.3) is 0 Å². The molecule has 1 aliphatic carbocycles. The number of ether oxygens (including phenoxy) is 2. The summed E-state index contributed by atoms with van der Waals surface area (Å²) in [6.45, 7) is 0. The van der Waals surface area contributed by atoms with Crippen molar-refractivity contribution in [3.63, 3.8) is 0 Å². The highest BCUT2D eigenvalue weighted by Crippen LogP contribution is 2.37. The van der Waals surface area contributed by atoms with Crippen molar-refractivity contribution < 1.29 is 32.5 Å². The fourth-order valence-corrected chi connectivity index (χ4v) is 2.09. The number of benzene rings is 1. The number of carboxylic acids is 1. The second kappa shape index (κ2) is 5.51. The molecule has 0 aliphatic heterocycles. The lowest BCUT2D eigenvalue weighted by Gasteiger charge is -2.16. The van der Waals surface area contributed by atoms with E-state index in [-0.39, 0.29) is 16.1 Å². The van der Waals surface area contributed by atoms with Gasteiger partial charge in [0.2, 0.25) is 0 Å². The number of alkyl halides is 3. The van der Waals surface area contributed by atoms with Crippen LogP contribution in [0.15, 0.2) is 22.7 Å². The molecule has 1 unspecified atom stereocenters. The molecule has 1 aliphatic rings. The first-order valence-corrected chi connectivity index (χ1v) is 6.50. The molecule has 1 saturated carbocycles. The van der Waals surface area contributed by atoms with Gasteiger partial charge in [-0.2, -0.15) is 0 Å². The van der Waals surface area contributed by atoms with Crippen LogP contribution in [-0.4, -0.2) is 23.5 Å². The third kappa shape index (κ3) is 4.03. The van der Waals surface area contributed by atoms with E-state index in [2.05, 4.69) is 20.7 Å². The molecule has 2 rings (SSSR count). The first kappa shape index (κ1) is 15.0. The van der Waals surface area contributed by atoms with Crippen LogP contribution in [0.25, 0.3) is 0 Å². The van der Waals surface area contributed by atoms with E-state index in [0.717, 1.165) is 18.9 Å². The molecule has 1 atom stereocenters. The third-order valence-electron chi connectivity index (χ3n) is 2.69. The quantitative estimate of drug-likeness (QED) is 0.877. The van der Waals surface area contributed by atoms with Gasteiger partial charge in [-0.25, -0.2) is 4.79 Å². The van der Waals surface area contributed by atoms with Crippen molar-refractivity contribution in [2.75, 3.05) is 0 Å². The number of carbonyl (C=O) groups is 1. The molecule has 1 aromatic carbocycles. The van der Waals surface area contributed by atoms with Gasteiger partial charge in [0.05, 0.1) is 4.47 Å². The highest BCUT2D eigenvalue weighted by molar-refractivity contribution is 9.10. The van der Waals surface area contributed by atoms with E-state index in [1.165, 1.54) is 12.1 Å². The van der Waals surface area contributed by atoms with Crippen molar-refractivity contribution >= 4 is 21.9 Å². The molecule has 0 spiro atoms. The van der Waals surface area contributed by atoms with E-state index in [4.69, 9.17) is 9.84 Å². The Kier molecular flexibility index (Phi) is 4.12. The van der Waals surface area contributed by atoms with Crippen LogP contribution >= 0.6 is 15.9 Å². The largest absolute Gasteiger partial charge is 0.573 e. The van der Waals surface area contributed by atoms with Crippen molar-refractivity contribution in [3.05, 3.63) is 22.7 Å². The van der Waals surface area contributed by atoms with Crippen LogP contribution in [0.3, 0.4) is 0 Å². The molecule has 0 heterocycles. The summed E-state index contributed by atoms with van der Waals surface area (Å²) in [7, 11) is 0. The topological polar surface area (TPSA) is 55.8 Å². The Morgan fingerprint density at radius 1 is 1.40 bits per heavy atom. The van der Waals surface area contributed by atoms with Gasteiger partial charge < -0.3 is 14.6 Å². The molecule has 8 heteroatoms. The second-order valence-electron chi connectivity index (χ2n) is 4.35. The van der Waals surface area contributed by atoms with E-state index < -0.39 is 24.2 Å². The van der Waals surface area contributed by atoms with Gasteiger partial charge in [-0.15, -0.1) is 13.2 Å². The van der Waals surface area contributed by atoms with Crippen LogP contribution < -0.4 is 9.47 Å². The Balaban J connectivity index is 2.10. The van der Waals surface area contributed by atoms with E-state index >= 15 is 0 Å². The summed E-state index contributed by atoms with van der Waals surface area (Å²) in [5, 5.41) is 9.01. The van der Waals surface area contributed by atoms with Crippen LogP contribution in [0.1, 0.15) is 12.8 Å². The number of carboxylic acid groups (broad SMARTS) is 1. The van der Waals surface area contributed by atoms with Crippen LogP contribution in [0, 0.1) is 5.92 Å². The predicted molar refractivity (Wildman–Crippen MR) is 65.6 cm³/mol. The zero-order chi connectivity index (χ0) is 14.9. The molecule has 1 fully saturated rings. The molecule has 20 heavy (non-hydrogen) atoms. The smallest absolute Gasteiger partial charge is 0.478 e. The van der Waals surface area contributed by atoms with Gasteiger partial charge in [-0.1, -0.05) is 0 Å². The maximum atomic E-state index is 12.1. The Bertz CT molecular complexity index is 514. The normalized spacial score (nSPS) is 16.6. The fraction of sp³-hybridized carbons (Fsp3) is 0.417. The Hall–Kier alpha value is -1.44. The summed E-state index contributed by atoms with van der Waals surface area (Å²) in [6.07, 6.45) is -4.22. The maximum Gasteiger partial charge on any atom is 0.573 e. The monoisotopic (exact) mass is 354 g/mol. The van der Waals surface area contributed by atoms with E-state index in [1.807, 2.05) is 0 Å². The minimum absolute atomic E-state index is 0.0345. The number of aliphatic carboxylic acids is 1. The molecule has 0 saturated heterocycles. The minimum Gasteiger partial charge on any atom is -0.478 e. The zero-order valence-electron chi connectivity index (χ0n) is 9.98. The Morgan fingerprint density at radius 2 is 2.05 bits per heavy atom. The average Bonchev–Trinajstić information content (AvgIpc) is 3.11. The van der Waals surface area contributed by atoms with Crippen molar-refractivity contribution in [3.8, 4) is 11.5 Å². The molecule has 1 N–H and O–H groups in total. The highest BCUT2D eigenvalue weighted by Gasteiger charge is 2.38. The maximum absolute atomic E-state index is 12.1. The molecule has 0 radical (unpaired) electrons. The number of rotatable bonds is 5. The standard InChI is InChI=1S/C12H10BrF3O4/c13-8-5-7(3-4-9(8)20-12(14,15)16)19-10(11(17)18)6-1-2-6/h3-6,10H,1-2H2,(H,17,18). The summed E-state index contributed by atoms with van der Waals surface area (Å²) in [5.74, 6) is -1.37. The molecule has 0 amide bonds. The van der Waals surface area contributed by atoms with Crippen molar-refractivity contribution in [2.24, 2.45) is 5.92 Å². The number of hydrogen-bond acceptors (Lipinski definition) is 3. The summed E-state index contributed by atoms with van der Waals surface area (Å²) < 4.78 is 45.4. The molecule has 1 aromatic rings. The van der Waals surface area contributed by atoms with E-state index in [9.17, 15) is 18.0 Å². The van der Waals surface area contributed by atoms with Gasteiger partial charge in [0.1, 0.15) is 11.5 Å². The Morgan fingerprint density at radius 3 is 2.50 bits per heavy atom. The number of hydrogen-bond donors (Lipinski definition) is 1. The molecule has 4 nitrogen and oxygen atoms in total. The van der Waals surface area contributed by atoms with Gasteiger partial charge in [-0.05, 0) is 47.0 Å². The van der Waals surface area contributed by atoms with Gasteiger partial charge in [-0.3, -0.25) is 0 Å². The molecular weight excluding hydrogens is 345 g/mol. The lowest BCUT2D eigenvalue weighted by molar-refractivity contribution is -0.274. The summed E-state index contributed by atoms with van der Waals surface area (Å²) in [6, 6.07) is 3.56. The third-order valence-corrected chi connectivity index (χ3v) is 3.31. The van der Waals surface area contributed by atoms with Gasteiger partial charge in [0.15, 0.2) is 6.10 Å². The SMILES string of the molecule is O=C(O)C(Oc1ccc(OC(F)(F)F)c(Br)c1)C1CC1. The molecule has 0 aromatic heterocycles. The van der Waals surface area contributed by atoms with Crippen LogP contribution in [0.4, 0.5) is 13.2 Å². The summed E-state index contributed by atoms with van der Waals surface area (Å²) >= 11 is 2.93. The Labute approximate surface area is 120 Å². The highest BCUT2D eigenvalue weighted by atomic mass is 79.9. The molecule has 110 valence electrons. The zero-order valence-corrected chi connectivity index (χ0v) is 11.6. The van der Waals surface area contributed by atoms with Gasteiger partial charge >= 0.3 is 12.3 Å². The summed E-state index contributed by atoms with van der Waals surface area (Å²) in [4.78, 5) is 11.0. The van der Waals surface area contributed by atoms with Crippen molar-refractivity contribution in [1.29, 1.82) is 0 Å². The summed E-state index contributed by atoms with van der Waals surface area (Å²) in [5.41, 5.74) is 0. The van der Waals surface area contributed by atoms with Crippen LogP contribution in [0.5, 0.6) is 11.5 Å². The minimum atomic E-state index is -4.79.